The van der Waals surface area contributed by atoms with Crippen molar-refractivity contribution in [3.8, 4) is 0 Å². The molecule has 104 valence electrons. The van der Waals surface area contributed by atoms with Crippen LogP contribution in [0, 0.1) is 6.92 Å². The highest BCUT2D eigenvalue weighted by atomic mass is 16.5. The van der Waals surface area contributed by atoms with Crippen LogP contribution in [0.25, 0.3) is 0 Å². The average Bonchev–Trinajstić information content (AvgIpc) is 2.42. The molecule has 5 heteroatoms. The van der Waals surface area contributed by atoms with E-state index in [0.29, 0.717) is 12.8 Å². The number of ether oxygens (including phenoxy) is 2. The summed E-state index contributed by atoms with van der Waals surface area (Å²) in [5.74, 6) is -0.474. The molecule has 0 radical (unpaired) electrons. The van der Waals surface area contributed by atoms with Crippen LogP contribution in [0.15, 0.2) is 24.3 Å². The summed E-state index contributed by atoms with van der Waals surface area (Å²) in [7, 11) is 2.55. The summed E-state index contributed by atoms with van der Waals surface area (Å²) in [6, 6.07) is 7.31. The maximum atomic E-state index is 11.6. The van der Waals surface area contributed by atoms with E-state index in [4.69, 9.17) is 0 Å². The van der Waals surface area contributed by atoms with Gasteiger partial charge in [-0.1, -0.05) is 29.8 Å². The Morgan fingerprint density at radius 1 is 1.26 bits per heavy atom. The topological polar surface area (TPSA) is 64.6 Å². The van der Waals surface area contributed by atoms with Crippen molar-refractivity contribution in [3.63, 3.8) is 0 Å². The van der Waals surface area contributed by atoms with Gasteiger partial charge in [-0.25, -0.2) is 9.59 Å². The molecule has 0 aliphatic rings. The third-order valence-corrected chi connectivity index (χ3v) is 2.77. The summed E-state index contributed by atoms with van der Waals surface area (Å²) in [6.45, 7) is 2.01. The van der Waals surface area contributed by atoms with Crippen molar-refractivity contribution in [2.24, 2.45) is 0 Å². The molecule has 0 aromatic heterocycles. The number of esters is 1. The van der Waals surface area contributed by atoms with Crippen LogP contribution in [0.4, 0.5) is 4.79 Å². The number of benzene rings is 1. The van der Waals surface area contributed by atoms with Crippen molar-refractivity contribution in [2.45, 2.75) is 25.8 Å². The van der Waals surface area contributed by atoms with E-state index < -0.39 is 18.1 Å². The van der Waals surface area contributed by atoms with E-state index in [2.05, 4.69) is 14.8 Å². The van der Waals surface area contributed by atoms with Crippen molar-refractivity contribution in [1.29, 1.82) is 0 Å². The molecule has 0 bridgehead atoms. The summed E-state index contributed by atoms with van der Waals surface area (Å²) in [6.07, 6.45) is 0.496. The number of alkyl carbamates (subject to hydrolysis) is 1. The highest BCUT2D eigenvalue weighted by Crippen LogP contribution is 2.09. The van der Waals surface area contributed by atoms with Crippen LogP contribution in [0.3, 0.4) is 0 Å². The Morgan fingerprint density at radius 3 is 2.58 bits per heavy atom. The van der Waals surface area contributed by atoms with Crippen LogP contribution < -0.4 is 5.32 Å². The molecular weight excluding hydrogens is 246 g/mol. The summed E-state index contributed by atoms with van der Waals surface area (Å²) in [5.41, 5.74) is 2.27. The molecule has 1 rings (SSSR count). The molecule has 1 atom stereocenters. The van der Waals surface area contributed by atoms with Crippen molar-refractivity contribution in [3.05, 3.63) is 35.4 Å². The molecule has 0 saturated heterocycles. The van der Waals surface area contributed by atoms with Gasteiger partial charge in [-0.05, 0) is 25.3 Å². The Balaban J connectivity index is 2.62. The number of methoxy groups -OCH3 is 2. The van der Waals surface area contributed by atoms with Gasteiger partial charge in [0.15, 0.2) is 0 Å². The molecule has 5 nitrogen and oxygen atoms in total. The zero-order chi connectivity index (χ0) is 14.3. The number of carbonyl (C=O) groups excluding carboxylic acids is 2. The maximum Gasteiger partial charge on any atom is 0.407 e. The van der Waals surface area contributed by atoms with Crippen molar-refractivity contribution in [1.82, 2.24) is 5.32 Å². The number of nitrogens with one attached hydrogen (secondary N) is 1. The molecule has 0 aliphatic carbocycles. The van der Waals surface area contributed by atoms with Gasteiger partial charge < -0.3 is 14.8 Å². The van der Waals surface area contributed by atoms with E-state index in [9.17, 15) is 9.59 Å². The quantitative estimate of drug-likeness (QED) is 0.825. The lowest BCUT2D eigenvalue weighted by Crippen LogP contribution is -2.41. The average molecular weight is 265 g/mol. The highest BCUT2D eigenvalue weighted by Gasteiger charge is 2.21. The number of hydrogen-bond acceptors (Lipinski definition) is 4. The molecule has 0 fully saturated rings. The molecule has 1 aromatic carbocycles. The van der Waals surface area contributed by atoms with Crippen LogP contribution in [0.1, 0.15) is 17.5 Å². The molecule has 19 heavy (non-hydrogen) atoms. The smallest absolute Gasteiger partial charge is 0.407 e. The number of amides is 1. The maximum absolute atomic E-state index is 11.6. The van der Waals surface area contributed by atoms with Crippen LogP contribution >= 0.6 is 0 Å². The van der Waals surface area contributed by atoms with E-state index in [0.717, 1.165) is 11.1 Å². The minimum Gasteiger partial charge on any atom is -0.467 e. The molecule has 0 aliphatic heterocycles. The Kier molecular flexibility index (Phi) is 5.85. The Morgan fingerprint density at radius 2 is 2.00 bits per heavy atom. The highest BCUT2D eigenvalue weighted by molar-refractivity contribution is 5.81. The van der Waals surface area contributed by atoms with Gasteiger partial charge in [0, 0.05) is 0 Å². The van der Waals surface area contributed by atoms with Gasteiger partial charge in [0.05, 0.1) is 14.2 Å². The molecule has 0 heterocycles. The number of hydrogen-bond donors (Lipinski definition) is 1. The number of rotatable bonds is 5. The zero-order valence-electron chi connectivity index (χ0n) is 11.4. The summed E-state index contributed by atoms with van der Waals surface area (Å²) < 4.78 is 9.15. The van der Waals surface area contributed by atoms with Crippen LogP contribution in [-0.2, 0) is 20.7 Å². The molecule has 1 N–H and O–H groups in total. The lowest BCUT2D eigenvalue weighted by molar-refractivity contribution is -0.143. The van der Waals surface area contributed by atoms with Crippen molar-refractivity contribution in [2.75, 3.05) is 14.2 Å². The fraction of sp³-hybridized carbons (Fsp3) is 0.429. The SMILES string of the molecule is COC(=O)NC(CCc1cccc(C)c1)C(=O)OC. The first kappa shape index (κ1) is 15.0. The van der Waals surface area contributed by atoms with Gasteiger partial charge in [-0.2, -0.15) is 0 Å². The molecule has 1 amide bonds. The largest absolute Gasteiger partial charge is 0.467 e. The van der Waals surface area contributed by atoms with Gasteiger partial charge in [0.2, 0.25) is 0 Å². The van der Waals surface area contributed by atoms with E-state index in [1.807, 2.05) is 31.2 Å². The number of aryl methyl sites for hydroxylation is 2. The fourth-order valence-corrected chi connectivity index (χ4v) is 1.77. The Labute approximate surface area is 112 Å². The molecule has 1 aromatic rings. The van der Waals surface area contributed by atoms with Crippen LogP contribution in [0.5, 0.6) is 0 Å². The Hall–Kier alpha value is -2.04. The predicted octanol–water partition coefficient (Wildman–Crippen LogP) is 1.83. The van der Waals surface area contributed by atoms with E-state index in [1.165, 1.54) is 14.2 Å². The van der Waals surface area contributed by atoms with Gasteiger partial charge in [0.1, 0.15) is 6.04 Å². The van der Waals surface area contributed by atoms with Crippen LogP contribution in [0.2, 0.25) is 0 Å². The zero-order valence-corrected chi connectivity index (χ0v) is 11.4. The standard InChI is InChI=1S/C14H19NO4/c1-10-5-4-6-11(9-10)7-8-12(13(16)18-2)15-14(17)19-3/h4-6,9,12H,7-8H2,1-3H3,(H,15,17). The number of carbonyl (C=O) groups is 2. The lowest BCUT2D eigenvalue weighted by atomic mass is 10.0. The second kappa shape index (κ2) is 7.41. The second-order valence-electron chi connectivity index (χ2n) is 4.24. The van der Waals surface area contributed by atoms with Crippen LogP contribution in [-0.4, -0.2) is 32.3 Å². The van der Waals surface area contributed by atoms with Crippen molar-refractivity contribution >= 4 is 12.1 Å². The lowest BCUT2D eigenvalue weighted by Gasteiger charge is -2.15. The minimum absolute atomic E-state index is 0.464. The minimum atomic E-state index is -0.696. The summed E-state index contributed by atoms with van der Waals surface area (Å²) >= 11 is 0. The first-order valence-electron chi connectivity index (χ1n) is 6.04. The molecular formula is C14H19NO4. The first-order valence-corrected chi connectivity index (χ1v) is 6.04. The molecule has 1 unspecified atom stereocenters. The predicted molar refractivity (Wildman–Crippen MR) is 70.8 cm³/mol. The fourth-order valence-electron chi connectivity index (χ4n) is 1.77. The molecule has 0 saturated carbocycles. The van der Waals surface area contributed by atoms with Gasteiger partial charge in [0.25, 0.3) is 0 Å². The normalized spacial score (nSPS) is 11.5. The van der Waals surface area contributed by atoms with Gasteiger partial charge >= 0.3 is 12.1 Å². The van der Waals surface area contributed by atoms with Crippen molar-refractivity contribution < 1.29 is 19.1 Å². The van der Waals surface area contributed by atoms with E-state index in [1.54, 1.807) is 0 Å². The third-order valence-electron chi connectivity index (χ3n) is 2.77. The van der Waals surface area contributed by atoms with E-state index >= 15 is 0 Å². The molecule has 0 spiro atoms. The van der Waals surface area contributed by atoms with Gasteiger partial charge in [-0.15, -0.1) is 0 Å². The summed E-state index contributed by atoms with van der Waals surface area (Å²) in [4.78, 5) is 22.7. The van der Waals surface area contributed by atoms with Gasteiger partial charge in [-0.3, -0.25) is 0 Å². The first-order chi connectivity index (χ1) is 9.06. The van der Waals surface area contributed by atoms with E-state index in [-0.39, 0.29) is 0 Å². The second-order valence-corrected chi connectivity index (χ2v) is 4.24. The monoisotopic (exact) mass is 265 g/mol. The summed E-state index contributed by atoms with van der Waals surface area (Å²) in [5, 5.41) is 2.47. The Bertz CT molecular complexity index is 445. The third kappa shape index (κ3) is 4.99.